The molecule has 160 valence electrons. The first-order chi connectivity index (χ1) is 15.4. The van der Waals surface area contributed by atoms with Crippen LogP contribution in [0.25, 0.3) is 22.3 Å². The molecule has 0 amide bonds. The van der Waals surface area contributed by atoms with Gasteiger partial charge in [0, 0.05) is 22.3 Å². The molecule has 9 heteroatoms. The molecule has 0 aliphatic rings. The molecule has 0 aliphatic heterocycles. The number of hydrogen-bond donors (Lipinski definition) is 2. The molecular weight excluding hydrogens is 512 g/mol. The molecule has 2 atom stereocenters. The largest absolute Gasteiger partial charge is 2.00 e. The Balaban J connectivity index is 0.000000227. The average Bonchev–Trinajstić information content (AvgIpc) is 2.80. The van der Waals surface area contributed by atoms with Crippen molar-refractivity contribution in [1.29, 1.82) is 0 Å². The molecule has 0 saturated heterocycles. The molecule has 4 aromatic rings. The smallest absolute Gasteiger partial charge is 0.591 e. The Kier molecular flexibility index (Phi) is 10.00. The first kappa shape index (κ1) is 26.5. The van der Waals surface area contributed by atoms with E-state index in [1.54, 1.807) is 72.8 Å². The van der Waals surface area contributed by atoms with E-state index in [9.17, 15) is 29.1 Å². The van der Waals surface area contributed by atoms with E-state index in [2.05, 4.69) is 0 Å². The van der Waals surface area contributed by atoms with Crippen molar-refractivity contribution in [3.05, 3.63) is 97.1 Å². The normalized spacial score (nSPS) is 10.8. The van der Waals surface area contributed by atoms with Gasteiger partial charge in [0.25, 0.3) is 0 Å². The van der Waals surface area contributed by atoms with Crippen molar-refractivity contribution in [2.24, 2.45) is 0 Å². The Morgan fingerprint density at radius 2 is 0.758 bits per heavy atom. The molecule has 0 aromatic heterocycles. The number of phenols is 2. The maximum absolute atomic E-state index is 11.1. The minimum Gasteiger partial charge on any atom is -0.591 e. The van der Waals surface area contributed by atoms with E-state index < -0.39 is 16.1 Å². The zero-order valence-electron chi connectivity index (χ0n) is 17.4. The molecule has 0 aliphatic carbocycles. The van der Waals surface area contributed by atoms with Gasteiger partial charge in [-0.2, -0.15) is 0 Å². The van der Waals surface area contributed by atoms with Gasteiger partial charge in [-0.15, -0.1) is 0 Å². The molecule has 0 spiro atoms. The van der Waals surface area contributed by atoms with Gasteiger partial charge in [-0.25, -0.2) is 0 Å². The summed E-state index contributed by atoms with van der Waals surface area (Å²) in [6.45, 7) is 0. The van der Waals surface area contributed by atoms with Crippen LogP contribution >= 0.6 is 16.1 Å². The third-order valence-corrected chi connectivity index (χ3v) is 6.16. The molecule has 0 saturated carbocycles. The van der Waals surface area contributed by atoms with Gasteiger partial charge >= 0.3 is 35.5 Å². The summed E-state index contributed by atoms with van der Waals surface area (Å²) in [7, 11) is -5.33. The van der Waals surface area contributed by atoms with Crippen LogP contribution in [0.15, 0.2) is 97.1 Å². The van der Waals surface area contributed by atoms with E-state index in [0.29, 0.717) is 22.3 Å². The Bertz CT molecular complexity index is 1180. The Hall–Kier alpha value is -2.78. The molecule has 2 unspecified atom stereocenters. The second-order valence-electron chi connectivity index (χ2n) is 6.58. The van der Waals surface area contributed by atoms with Crippen LogP contribution in [0.1, 0.15) is 0 Å². The van der Waals surface area contributed by atoms with Crippen LogP contribution in [0.3, 0.4) is 0 Å². The number of para-hydroxylation sites is 2. The van der Waals surface area contributed by atoms with Crippen LogP contribution in [-0.4, -0.2) is 10.2 Å². The summed E-state index contributed by atoms with van der Waals surface area (Å²) in [4.78, 5) is 22.1. The van der Waals surface area contributed by atoms with Gasteiger partial charge in [0.1, 0.15) is 11.5 Å². The van der Waals surface area contributed by atoms with Crippen LogP contribution in [0.4, 0.5) is 0 Å². The molecule has 33 heavy (non-hydrogen) atoms. The number of aromatic hydroxyl groups is 2. The van der Waals surface area contributed by atoms with E-state index in [4.69, 9.17) is 0 Å². The maximum Gasteiger partial charge on any atom is 2.00 e. The van der Waals surface area contributed by atoms with E-state index in [-0.39, 0.29) is 41.6 Å². The van der Waals surface area contributed by atoms with Gasteiger partial charge in [-0.05, 0) is 36.4 Å². The SMILES string of the molecule is O=[P+]([O-])c1ccccc1-c1ccccc1O.O=[P+]([O-])c1ccccc1-c1ccccc1O.[Zn+2]. The van der Waals surface area contributed by atoms with Gasteiger partial charge in [0.05, 0.1) is 0 Å². The van der Waals surface area contributed by atoms with E-state index in [1.165, 1.54) is 24.3 Å². The second kappa shape index (κ2) is 12.5. The van der Waals surface area contributed by atoms with Crippen molar-refractivity contribution in [1.82, 2.24) is 0 Å². The summed E-state index contributed by atoms with van der Waals surface area (Å²) in [6, 6.07) is 26.5. The van der Waals surface area contributed by atoms with Crippen LogP contribution in [0.5, 0.6) is 11.5 Å². The summed E-state index contributed by atoms with van der Waals surface area (Å²) < 4.78 is 22.1. The molecular formula is C24H18O6P2Zn+2. The predicted octanol–water partition coefficient (Wildman–Crippen LogP) is 3.57. The van der Waals surface area contributed by atoms with Gasteiger partial charge in [0.15, 0.2) is 10.6 Å². The zero-order valence-corrected chi connectivity index (χ0v) is 22.1. The van der Waals surface area contributed by atoms with Crippen molar-refractivity contribution in [3.8, 4) is 33.8 Å². The summed E-state index contributed by atoms with van der Waals surface area (Å²) in [5.74, 6) is 0.151. The number of phenolic OH excluding ortho intramolecular Hbond substituents is 2. The Morgan fingerprint density at radius 1 is 0.485 bits per heavy atom. The van der Waals surface area contributed by atoms with Crippen molar-refractivity contribution in [2.45, 2.75) is 0 Å². The van der Waals surface area contributed by atoms with E-state index >= 15 is 0 Å². The van der Waals surface area contributed by atoms with Crippen LogP contribution in [-0.2, 0) is 28.6 Å². The molecule has 0 fully saturated rings. The fraction of sp³-hybridized carbons (Fsp3) is 0. The van der Waals surface area contributed by atoms with Crippen molar-refractivity contribution in [2.75, 3.05) is 0 Å². The molecule has 0 radical (unpaired) electrons. The maximum atomic E-state index is 11.1. The monoisotopic (exact) mass is 528 g/mol. The first-order valence-corrected chi connectivity index (χ1v) is 11.8. The van der Waals surface area contributed by atoms with Crippen molar-refractivity contribution in [3.63, 3.8) is 0 Å². The minimum absolute atomic E-state index is 0. The summed E-state index contributed by atoms with van der Waals surface area (Å²) in [6.07, 6.45) is 0. The number of hydrogen-bond acceptors (Lipinski definition) is 6. The van der Waals surface area contributed by atoms with Crippen molar-refractivity contribution >= 4 is 26.7 Å². The standard InChI is InChI=1S/2C12H9O3P.Zn/c2*13-11-7-3-1-5-9(11)10-6-2-4-8-12(10)16(14)15;/h2*1-8,13H;/q;;+2. The molecule has 0 heterocycles. The van der Waals surface area contributed by atoms with Gasteiger partial charge in [0.2, 0.25) is 0 Å². The third kappa shape index (κ3) is 6.61. The Morgan fingerprint density at radius 3 is 1.06 bits per heavy atom. The first-order valence-electron chi connectivity index (χ1n) is 9.43. The number of rotatable bonds is 4. The quantitative estimate of drug-likeness (QED) is 0.308. The summed E-state index contributed by atoms with van der Waals surface area (Å²) in [5.41, 5.74) is 2.10. The molecule has 6 nitrogen and oxygen atoms in total. The Labute approximate surface area is 205 Å². The average molecular weight is 530 g/mol. The van der Waals surface area contributed by atoms with Crippen LogP contribution in [0, 0.1) is 0 Å². The number of benzene rings is 4. The van der Waals surface area contributed by atoms with Gasteiger partial charge < -0.3 is 20.0 Å². The molecule has 0 bridgehead atoms. The van der Waals surface area contributed by atoms with Crippen LogP contribution < -0.4 is 20.4 Å². The fourth-order valence-corrected chi connectivity index (χ4v) is 4.32. The molecule has 2 N–H and O–H groups in total. The fourth-order valence-electron chi connectivity index (χ4n) is 3.12. The summed E-state index contributed by atoms with van der Waals surface area (Å²) in [5, 5.41) is 19.8. The third-order valence-electron chi connectivity index (χ3n) is 4.59. The second-order valence-corrected chi connectivity index (χ2v) is 8.57. The van der Waals surface area contributed by atoms with Crippen molar-refractivity contribution < 1.29 is 48.6 Å². The zero-order chi connectivity index (χ0) is 23.1. The van der Waals surface area contributed by atoms with E-state index in [0.717, 1.165) is 0 Å². The minimum atomic E-state index is -2.66. The van der Waals surface area contributed by atoms with E-state index in [1.807, 2.05) is 0 Å². The molecule has 4 rings (SSSR count). The van der Waals surface area contributed by atoms with Gasteiger partial charge in [-0.1, -0.05) is 69.8 Å². The van der Waals surface area contributed by atoms with Crippen LogP contribution in [0.2, 0.25) is 0 Å². The van der Waals surface area contributed by atoms with Gasteiger partial charge in [-0.3, -0.25) is 0 Å². The summed E-state index contributed by atoms with van der Waals surface area (Å²) >= 11 is 0. The predicted molar refractivity (Wildman–Crippen MR) is 122 cm³/mol. The molecule has 4 aromatic carbocycles. The topological polar surface area (TPSA) is 121 Å².